The van der Waals surface area contributed by atoms with Gasteiger partial charge in [0.15, 0.2) is 11.6 Å². The van der Waals surface area contributed by atoms with E-state index in [2.05, 4.69) is 0 Å². The van der Waals surface area contributed by atoms with Crippen molar-refractivity contribution in [2.45, 2.75) is 4.90 Å². The summed E-state index contributed by atoms with van der Waals surface area (Å²) in [5.74, 6) is -0.766. The molecule has 1 aliphatic carbocycles. The molecule has 1 aliphatic rings. The molecular weight excluding hydrogens is 339 g/mol. The third kappa shape index (κ3) is 3.03. The topological polar surface area (TPSA) is 88.5 Å². The van der Waals surface area contributed by atoms with Crippen LogP contribution in [0.2, 0.25) is 0 Å². The zero-order valence-electron chi connectivity index (χ0n) is 11.4. The molecule has 0 aliphatic heterocycles. The maximum Gasteiger partial charge on any atom is 1.00 e. The van der Waals surface area contributed by atoms with Gasteiger partial charge in [-0.2, -0.15) is 8.42 Å². The second-order valence-electron chi connectivity index (χ2n) is 4.39. The Balaban J connectivity index is 0.00000121. The largest absolute Gasteiger partial charge is 1.00 e. The quantitative estimate of drug-likeness (QED) is 0.356. The van der Waals surface area contributed by atoms with Gasteiger partial charge >= 0.3 is 29.6 Å². The zero-order chi connectivity index (χ0) is 14.5. The van der Waals surface area contributed by atoms with Crippen molar-refractivity contribution in [2.75, 3.05) is 0 Å². The number of halogens is 1. The average molecular weight is 347 g/mol. The van der Waals surface area contributed by atoms with Crippen LogP contribution in [0.25, 0.3) is 0 Å². The van der Waals surface area contributed by atoms with Crippen LogP contribution in [-0.4, -0.2) is 24.5 Å². The first-order valence-corrected chi connectivity index (χ1v) is 7.13. The molecule has 108 valence electrons. The van der Waals surface area contributed by atoms with Gasteiger partial charge in [-0.15, -0.1) is 0 Å². The van der Waals surface area contributed by atoms with Gasteiger partial charge in [0.2, 0.25) is 0 Å². The molecule has 22 heavy (non-hydrogen) atoms. The molecule has 3 rings (SSSR count). The van der Waals surface area contributed by atoms with Crippen LogP contribution in [0.4, 0.5) is 0 Å². The molecule has 5 nitrogen and oxygen atoms in total. The van der Waals surface area contributed by atoms with Crippen molar-refractivity contribution in [1.82, 2.24) is 0 Å². The Morgan fingerprint density at radius 1 is 0.773 bits per heavy atom. The van der Waals surface area contributed by atoms with E-state index in [0.717, 1.165) is 12.1 Å². The van der Waals surface area contributed by atoms with Gasteiger partial charge in [-0.1, -0.05) is 24.3 Å². The van der Waals surface area contributed by atoms with Crippen molar-refractivity contribution in [1.29, 1.82) is 0 Å². The molecule has 0 saturated carbocycles. The molecule has 0 spiro atoms. The van der Waals surface area contributed by atoms with Crippen LogP contribution in [0.3, 0.4) is 0 Å². The van der Waals surface area contributed by atoms with E-state index >= 15 is 0 Å². The van der Waals surface area contributed by atoms with Gasteiger partial charge in [-0.05, 0) is 18.2 Å². The number of ketones is 2. The normalized spacial score (nSPS) is 12.6. The monoisotopic (exact) mass is 346 g/mol. The number of carbonyl (C=O) groups is 2. The third-order valence-electron chi connectivity index (χ3n) is 3.19. The predicted octanol–water partition coefficient (Wildman–Crippen LogP) is -4.28. The van der Waals surface area contributed by atoms with Crippen LogP contribution in [0.5, 0.6) is 0 Å². The van der Waals surface area contributed by atoms with E-state index in [1.165, 1.54) is 12.1 Å². The molecular formula is C14H8ClNaO5S. The Bertz CT molecular complexity index is 877. The summed E-state index contributed by atoms with van der Waals surface area (Å²) in [7, 11) is -4.42. The van der Waals surface area contributed by atoms with Crippen molar-refractivity contribution in [3.8, 4) is 0 Å². The van der Waals surface area contributed by atoms with Gasteiger partial charge in [-0.25, -0.2) is 0 Å². The molecule has 2 aromatic carbocycles. The molecule has 0 amide bonds. The first kappa shape index (κ1) is 19.0. The molecule has 0 heterocycles. The van der Waals surface area contributed by atoms with Crippen molar-refractivity contribution >= 4 is 21.7 Å². The van der Waals surface area contributed by atoms with E-state index in [1.54, 1.807) is 18.2 Å². The minimum atomic E-state index is -4.42. The SMILES string of the molecule is O=C1c2ccccc2C(=O)c2cc(S(=O)(=O)O)ccc21.[Cl-].[Na+]. The summed E-state index contributed by atoms with van der Waals surface area (Å²) >= 11 is 0. The van der Waals surface area contributed by atoms with E-state index in [9.17, 15) is 18.0 Å². The van der Waals surface area contributed by atoms with Crippen LogP contribution in [0, 0.1) is 0 Å². The number of carbonyl (C=O) groups excluding carboxylic acids is 2. The van der Waals surface area contributed by atoms with Gasteiger partial charge in [0.25, 0.3) is 10.1 Å². The summed E-state index contributed by atoms with van der Waals surface area (Å²) in [6, 6.07) is 9.72. The van der Waals surface area contributed by atoms with Gasteiger partial charge in [0.1, 0.15) is 0 Å². The van der Waals surface area contributed by atoms with Crippen LogP contribution in [0.15, 0.2) is 47.4 Å². The second-order valence-corrected chi connectivity index (χ2v) is 5.81. The molecule has 0 radical (unpaired) electrons. The van der Waals surface area contributed by atoms with E-state index in [1.807, 2.05) is 0 Å². The molecule has 0 unspecified atom stereocenters. The molecule has 1 N–H and O–H groups in total. The minimum Gasteiger partial charge on any atom is -1.00 e. The maximum atomic E-state index is 12.3. The van der Waals surface area contributed by atoms with Gasteiger partial charge < -0.3 is 12.4 Å². The Morgan fingerprint density at radius 2 is 1.23 bits per heavy atom. The maximum absolute atomic E-state index is 12.3. The van der Waals surface area contributed by atoms with Crippen molar-refractivity contribution in [3.63, 3.8) is 0 Å². The van der Waals surface area contributed by atoms with E-state index in [4.69, 9.17) is 4.55 Å². The molecule has 0 atom stereocenters. The second kappa shape index (κ2) is 6.62. The number of fused-ring (bicyclic) bond motifs is 2. The van der Waals surface area contributed by atoms with Crippen LogP contribution < -0.4 is 42.0 Å². The van der Waals surface area contributed by atoms with E-state index in [-0.39, 0.29) is 64.4 Å². The smallest absolute Gasteiger partial charge is 1.00 e. The number of hydrogen-bond donors (Lipinski definition) is 1. The third-order valence-corrected chi connectivity index (χ3v) is 4.04. The zero-order valence-corrected chi connectivity index (χ0v) is 15.0. The summed E-state index contributed by atoms with van der Waals surface area (Å²) in [5, 5.41) is 0. The van der Waals surface area contributed by atoms with Crippen LogP contribution in [-0.2, 0) is 10.1 Å². The Hall–Kier alpha value is -1.02. The number of hydrogen-bond acceptors (Lipinski definition) is 4. The summed E-state index contributed by atoms with van der Waals surface area (Å²) in [5.41, 5.74) is 0.659. The van der Waals surface area contributed by atoms with Gasteiger partial charge in [-0.3, -0.25) is 14.1 Å². The van der Waals surface area contributed by atoms with Crippen molar-refractivity contribution < 1.29 is 64.5 Å². The fourth-order valence-electron chi connectivity index (χ4n) is 2.24. The summed E-state index contributed by atoms with van der Waals surface area (Å²) < 4.78 is 31.2. The van der Waals surface area contributed by atoms with E-state index in [0.29, 0.717) is 5.56 Å². The Labute approximate surface area is 155 Å². The molecule has 8 heteroatoms. The molecule has 0 aromatic heterocycles. The molecule has 0 saturated heterocycles. The fourth-order valence-corrected chi connectivity index (χ4v) is 2.75. The first-order chi connectivity index (χ1) is 9.39. The molecule has 2 aromatic rings. The summed E-state index contributed by atoms with van der Waals surface area (Å²) in [4.78, 5) is 24.1. The van der Waals surface area contributed by atoms with Crippen molar-refractivity contribution in [3.05, 3.63) is 64.7 Å². The number of benzene rings is 2. The summed E-state index contributed by atoms with van der Waals surface area (Å²) in [6.07, 6.45) is 0. The number of rotatable bonds is 1. The predicted molar refractivity (Wildman–Crippen MR) is 69.6 cm³/mol. The minimum absolute atomic E-state index is 0. The van der Waals surface area contributed by atoms with Gasteiger partial charge in [0.05, 0.1) is 4.90 Å². The standard InChI is InChI=1S/C14H8O5S.ClH.Na/c15-13-9-3-1-2-4-10(9)14(16)12-7-8(20(17,18)19)5-6-11(12)13;;/h1-7H,(H,17,18,19);1H;/q;;+1/p-1. The summed E-state index contributed by atoms with van der Waals surface area (Å²) in [6.45, 7) is 0. The first-order valence-electron chi connectivity index (χ1n) is 5.69. The van der Waals surface area contributed by atoms with Crippen molar-refractivity contribution in [2.24, 2.45) is 0 Å². The molecule has 0 fully saturated rings. The van der Waals surface area contributed by atoms with Gasteiger partial charge in [0, 0.05) is 22.3 Å². The molecule has 0 bridgehead atoms. The average Bonchev–Trinajstić information content (AvgIpc) is 2.43. The fraction of sp³-hybridized carbons (Fsp3) is 0. The van der Waals surface area contributed by atoms with Crippen LogP contribution in [0.1, 0.15) is 31.8 Å². The van der Waals surface area contributed by atoms with E-state index < -0.39 is 20.8 Å². The Morgan fingerprint density at radius 3 is 1.73 bits per heavy atom. The Kier molecular flexibility index (Phi) is 5.72. The van der Waals surface area contributed by atoms with Crippen LogP contribution >= 0.6 is 0 Å².